The Morgan fingerprint density at radius 1 is 1.93 bits per heavy atom. The zero-order valence-corrected chi connectivity index (χ0v) is 7.99. The molecule has 0 radical (unpaired) electrons. The number of aryl methyl sites for hydroxylation is 1. The van der Waals surface area contributed by atoms with E-state index >= 15 is 0 Å². The van der Waals surface area contributed by atoms with Crippen molar-refractivity contribution in [2.24, 2.45) is 5.73 Å². The summed E-state index contributed by atoms with van der Waals surface area (Å²) in [6.07, 6.45) is 3.46. The summed E-state index contributed by atoms with van der Waals surface area (Å²) in [6, 6.07) is -0.438. The molecule has 1 atom stereocenters. The Labute approximate surface area is 82.0 Å². The Morgan fingerprint density at radius 2 is 2.64 bits per heavy atom. The van der Waals surface area contributed by atoms with E-state index in [2.05, 4.69) is 16.9 Å². The van der Waals surface area contributed by atoms with Crippen LogP contribution >= 0.6 is 0 Å². The summed E-state index contributed by atoms with van der Waals surface area (Å²) >= 11 is 0. The first-order chi connectivity index (χ1) is 6.63. The Balaban J connectivity index is 2.52. The van der Waals surface area contributed by atoms with Crippen LogP contribution in [0, 0.1) is 6.92 Å². The fourth-order valence-electron chi connectivity index (χ4n) is 0.896. The van der Waals surface area contributed by atoms with Gasteiger partial charge in [0.05, 0.1) is 11.7 Å². The lowest BCUT2D eigenvalue weighted by molar-refractivity contribution is -0.117. The highest BCUT2D eigenvalue weighted by atomic mass is 16.4. The van der Waals surface area contributed by atoms with Gasteiger partial charge in [0.2, 0.25) is 5.91 Å². The second-order valence-corrected chi connectivity index (χ2v) is 2.91. The summed E-state index contributed by atoms with van der Waals surface area (Å²) in [5.41, 5.74) is 6.24. The highest BCUT2D eigenvalue weighted by molar-refractivity contribution is 5.92. The molecular formula is C9H13N3O2. The molecule has 14 heavy (non-hydrogen) atoms. The first-order valence-corrected chi connectivity index (χ1v) is 4.23. The maximum atomic E-state index is 11.3. The summed E-state index contributed by atoms with van der Waals surface area (Å²) in [6.45, 7) is 5.26. The first kappa shape index (κ1) is 10.5. The van der Waals surface area contributed by atoms with Crippen molar-refractivity contribution in [1.82, 2.24) is 4.98 Å². The van der Waals surface area contributed by atoms with Gasteiger partial charge in [0.1, 0.15) is 6.26 Å². The van der Waals surface area contributed by atoms with Crippen LogP contribution in [0.25, 0.3) is 0 Å². The highest BCUT2D eigenvalue weighted by Crippen LogP contribution is 2.06. The molecule has 0 saturated heterocycles. The Bertz CT molecular complexity index is 333. The van der Waals surface area contributed by atoms with Crippen molar-refractivity contribution >= 4 is 11.9 Å². The number of anilines is 1. The number of nitrogens with two attached hydrogens (primary N) is 1. The van der Waals surface area contributed by atoms with E-state index in [0.717, 1.165) is 0 Å². The molecule has 1 aromatic rings. The molecule has 0 saturated carbocycles. The van der Waals surface area contributed by atoms with Crippen molar-refractivity contribution in [2.75, 3.05) is 5.32 Å². The van der Waals surface area contributed by atoms with Gasteiger partial charge in [-0.2, -0.15) is 4.98 Å². The molecule has 1 aromatic heterocycles. The number of carbonyl (C=O) groups excluding carboxylic acids is 1. The van der Waals surface area contributed by atoms with Crippen LogP contribution in [0.4, 0.5) is 6.01 Å². The average molecular weight is 195 g/mol. The van der Waals surface area contributed by atoms with Crippen LogP contribution in [0.1, 0.15) is 12.1 Å². The second-order valence-electron chi connectivity index (χ2n) is 2.91. The van der Waals surface area contributed by atoms with Gasteiger partial charge in [-0.1, -0.05) is 6.08 Å². The number of hydrogen-bond acceptors (Lipinski definition) is 4. The third-order valence-electron chi connectivity index (χ3n) is 1.61. The molecule has 5 nitrogen and oxygen atoms in total. The summed E-state index contributed by atoms with van der Waals surface area (Å²) in [7, 11) is 0. The molecular weight excluding hydrogens is 182 g/mol. The minimum absolute atomic E-state index is 0.173. The van der Waals surface area contributed by atoms with E-state index in [9.17, 15) is 4.79 Å². The lowest BCUT2D eigenvalue weighted by Gasteiger charge is -2.06. The van der Waals surface area contributed by atoms with Crippen LogP contribution < -0.4 is 11.1 Å². The number of nitrogens with one attached hydrogen (secondary N) is 1. The quantitative estimate of drug-likeness (QED) is 0.697. The fraction of sp³-hybridized carbons (Fsp3) is 0.333. The number of amides is 1. The van der Waals surface area contributed by atoms with Crippen molar-refractivity contribution in [3.8, 4) is 0 Å². The smallest absolute Gasteiger partial charge is 0.301 e. The van der Waals surface area contributed by atoms with Gasteiger partial charge in [0.15, 0.2) is 0 Å². The summed E-state index contributed by atoms with van der Waals surface area (Å²) in [5.74, 6) is -0.327. The van der Waals surface area contributed by atoms with Crippen LogP contribution in [0.5, 0.6) is 0 Å². The van der Waals surface area contributed by atoms with Gasteiger partial charge < -0.3 is 10.2 Å². The molecule has 0 fully saturated rings. The van der Waals surface area contributed by atoms with Crippen LogP contribution in [-0.4, -0.2) is 16.9 Å². The molecule has 1 rings (SSSR count). The monoisotopic (exact) mass is 195 g/mol. The maximum Gasteiger partial charge on any atom is 0.301 e. The van der Waals surface area contributed by atoms with Gasteiger partial charge in [0, 0.05) is 0 Å². The Kier molecular flexibility index (Phi) is 3.41. The van der Waals surface area contributed by atoms with E-state index in [1.807, 2.05) is 0 Å². The van der Waals surface area contributed by atoms with E-state index in [4.69, 9.17) is 10.2 Å². The van der Waals surface area contributed by atoms with Crippen molar-refractivity contribution in [1.29, 1.82) is 0 Å². The molecule has 1 unspecified atom stereocenters. The third kappa shape index (κ3) is 2.70. The zero-order valence-electron chi connectivity index (χ0n) is 7.99. The minimum atomic E-state index is -0.611. The first-order valence-electron chi connectivity index (χ1n) is 4.23. The van der Waals surface area contributed by atoms with Gasteiger partial charge in [-0.15, -0.1) is 6.58 Å². The van der Waals surface area contributed by atoms with E-state index in [0.29, 0.717) is 12.1 Å². The van der Waals surface area contributed by atoms with Crippen molar-refractivity contribution in [3.63, 3.8) is 0 Å². The van der Waals surface area contributed by atoms with Crippen molar-refractivity contribution in [3.05, 3.63) is 24.6 Å². The predicted molar refractivity (Wildman–Crippen MR) is 52.7 cm³/mol. The molecule has 0 bridgehead atoms. The maximum absolute atomic E-state index is 11.3. The Hall–Kier alpha value is -1.62. The molecule has 1 heterocycles. The molecule has 0 aliphatic heterocycles. The summed E-state index contributed by atoms with van der Waals surface area (Å²) in [4.78, 5) is 15.2. The fourth-order valence-corrected chi connectivity index (χ4v) is 0.896. The van der Waals surface area contributed by atoms with Gasteiger partial charge in [0.25, 0.3) is 0 Å². The minimum Gasteiger partial charge on any atom is -0.432 e. The molecule has 0 aliphatic rings. The number of rotatable bonds is 4. The number of oxazole rings is 1. The standard InChI is InChI=1S/C9H13N3O2/c1-3-4-7(10)8(13)12-9-11-6(2)5-14-9/h3,5,7H,1,4,10H2,2H3,(H,11,12,13). The van der Waals surface area contributed by atoms with Crippen LogP contribution in [0.3, 0.4) is 0 Å². The van der Waals surface area contributed by atoms with E-state index in [1.54, 1.807) is 13.0 Å². The molecule has 0 aromatic carbocycles. The molecule has 0 aliphatic carbocycles. The highest BCUT2D eigenvalue weighted by Gasteiger charge is 2.13. The molecule has 76 valence electrons. The average Bonchev–Trinajstić information content (AvgIpc) is 2.51. The third-order valence-corrected chi connectivity index (χ3v) is 1.61. The van der Waals surface area contributed by atoms with Crippen LogP contribution in [0.15, 0.2) is 23.3 Å². The Morgan fingerprint density at radius 3 is 3.14 bits per heavy atom. The lowest BCUT2D eigenvalue weighted by Crippen LogP contribution is -2.35. The van der Waals surface area contributed by atoms with E-state index in [1.165, 1.54) is 6.26 Å². The second kappa shape index (κ2) is 4.57. The van der Waals surface area contributed by atoms with Crippen molar-refractivity contribution in [2.45, 2.75) is 19.4 Å². The zero-order chi connectivity index (χ0) is 10.6. The van der Waals surface area contributed by atoms with E-state index < -0.39 is 6.04 Å². The SMILES string of the molecule is C=CCC(N)C(=O)Nc1nc(C)co1. The number of hydrogen-bond donors (Lipinski definition) is 2. The molecule has 3 N–H and O–H groups in total. The van der Waals surface area contributed by atoms with E-state index in [-0.39, 0.29) is 11.9 Å². The molecule has 5 heteroatoms. The normalized spacial score (nSPS) is 12.1. The summed E-state index contributed by atoms with van der Waals surface area (Å²) in [5, 5.41) is 2.46. The number of aromatic nitrogens is 1. The number of nitrogens with zero attached hydrogens (tertiary/aromatic N) is 1. The largest absolute Gasteiger partial charge is 0.432 e. The van der Waals surface area contributed by atoms with Gasteiger partial charge in [-0.25, -0.2) is 0 Å². The molecule has 1 amide bonds. The topological polar surface area (TPSA) is 81.2 Å². The number of carbonyl (C=O) groups is 1. The van der Waals surface area contributed by atoms with Crippen molar-refractivity contribution < 1.29 is 9.21 Å². The molecule has 0 spiro atoms. The van der Waals surface area contributed by atoms with Gasteiger partial charge in [-0.3, -0.25) is 10.1 Å². The van der Waals surface area contributed by atoms with Gasteiger partial charge >= 0.3 is 6.01 Å². The van der Waals surface area contributed by atoms with Crippen LogP contribution in [-0.2, 0) is 4.79 Å². The predicted octanol–water partition coefficient (Wildman–Crippen LogP) is 0.825. The summed E-state index contributed by atoms with van der Waals surface area (Å²) < 4.78 is 4.94. The van der Waals surface area contributed by atoms with Crippen LogP contribution in [0.2, 0.25) is 0 Å². The lowest BCUT2D eigenvalue weighted by atomic mass is 10.2. The van der Waals surface area contributed by atoms with Gasteiger partial charge in [-0.05, 0) is 13.3 Å².